The zero-order valence-corrected chi connectivity index (χ0v) is 12.5. The van der Waals surface area contributed by atoms with Crippen molar-refractivity contribution in [3.63, 3.8) is 0 Å². The van der Waals surface area contributed by atoms with E-state index in [1.54, 1.807) is 0 Å². The lowest BCUT2D eigenvalue weighted by atomic mass is 10.2. The number of benzene rings is 1. The van der Waals surface area contributed by atoms with Crippen LogP contribution < -0.4 is 5.32 Å². The maximum atomic E-state index is 12.4. The predicted octanol–water partition coefficient (Wildman–Crippen LogP) is 1.15. The second kappa shape index (κ2) is 6.67. The third kappa shape index (κ3) is 3.27. The summed E-state index contributed by atoms with van der Waals surface area (Å²) in [6, 6.07) is 10.1. The number of nitrogens with one attached hydrogen (secondary N) is 1. The van der Waals surface area contributed by atoms with Gasteiger partial charge in [-0.2, -0.15) is 5.26 Å². The number of hydrogen-bond donors (Lipinski definition) is 1. The van der Waals surface area contributed by atoms with E-state index >= 15 is 0 Å². The Balaban J connectivity index is 1.54. The van der Waals surface area contributed by atoms with E-state index in [0.29, 0.717) is 12.8 Å². The molecule has 0 aliphatic carbocycles. The van der Waals surface area contributed by atoms with Crippen LogP contribution in [0.3, 0.4) is 0 Å². The topological polar surface area (TPSA) is 91.7 Å². The molecule has 2 heterocycles. The zero-order valence-electron chi connectivity index (χ0n) is 12.5. The Hall–Kier alpha value is -2.59. The minimum Gasteiger partial charge on any atom is -0.445 e. The third-order valence-corrected chi connectivity index (χ3v) is 3.99. The summed E-state index contributed by atoms with van der Waals surface area (Å²) >= 11 is 0. The number of carbonyl (C=O) groups is 2. The van der Waals surface area contributed by atoms with Crippen LogP contribution in [0, 0.1) is 11.3 Å². The molecule has 1 aromatic rings. The summed E-state index contributed by atoms with van der Waals surface area (Å²) in [5.74, 6) is -0.290. The van der Waals surface area contributed by atoms with Gasteiger partial charge in [-0.3, -0.25) is 9.69 Å². The van der Waals surface area contributed by atoms with Gasteiger partial charge in [-0.05, 0) is 18.4 Å². The molecule has 0 saturated carbocycles. The molecule has 0 unspecified atom stereocenters. The summed E-state index contributed by atoms with van der Waals surface area (Å²) in [5, 5.41) is 11.6. The highest BCUT2D eigenvalue weighted by atomic mass is 16.6. The predicted molar refractivity (Wildman–Crippen MR) is 78.8 cm³/mol. The van der Waals surface area contributed by atoms with Gasteiger partial charge >= 0.3 is 6.09 Å². The lowest BCUT2D eigenvalue weighted by molar-refractivity contribution is -0.161. The summed E-state index contributed by atoms with van der Waals surface area (Å²) in [6.07, 6.45) is 0.209. The molecule has 1 aromatic carbocycles. The van der Waals surface area contributed by atoms with Crippen molar-refractivity contribution in [3.05, 3.63) is 35.9 Å². The van der Waals surface area contributed by atoms with Crippen molar-refractivity contribution in [3.8, 4) is 6.07 Å². The van der Waals surface area contributed by atoms with Crippen LogP contribution in [0.5, 0.6) is 0 Å². The molecule has 7 heteroatoms. The van der Waals surface area contributed by atoms with Gasteiger partial charge < -0.3 is 14.8 Å². The summed E-state index contributed by atoms with van der Waals surface area (Å²) in [7, 11) is 0. The first-order valence-electron chi connectivity index (χ1n) is 7.49. The molecule has 3 atom stereocenters. The second-order valence-corrected chi connectivity index (χ2v) is 5.51. The van der Waals surface area contributed by atoms with Crippen molar-refractivity contribution in [2.24, 2.45) is 0 Å². The van der Waals surface area contributed by atoms with Gasteiger partial charge in [0.1, 0.15) is 24.9 Å². The molecule has 2 saturated heterocycles. The first-order valence-corrected chi connectivity index (χ1v) is 7.49. The van der Waals surface area contributed by atoms with Crippen LogP contribution in [0.4, 0.5) is 4.79 Å². The van der Waals surface area contributed by atoms with E-state index < -0.39 is 18.2 Å². The highest BCUT2D eigenvalue weighted by Gasteiger charge is 2.44. The number of alkyl carbamates (subject to hydrolysis) is 1. The van der Waals surface area contributed by atoms with Gasteiger partial charge in [-0.25, -0.2) is 4.79 Å². The number of ether oxygens (including phenoxy) is 2. The van der Waals surface area contributed by atoms with E-state index in [0.717, 1.165) is 5.56 Å². The average Bonchev–Trinajstić information content (AvgIpc) is 3.00. The minimum absolute atomic E-state index is 0.0958. The minimum atomic E-state index is -0.816. The number of nitrogens with zero attached hydrogens (tertiary/aromatic N) is 2. The Morgan fingerprint density at radius 3 is 2.91 bits per heavy atom. The summed E-state index contributed by atoms with van der Waals surface area (Å²) < 4.78 is 10.7. The standard InChI is InChI=1S/C16H17N3O4/c17-8-12-6-7-14-19(12)15(20)13(10-22-14)18-16(21)23-9-11-4-2-1-3-5-11/h1-5,12-14H,6-7,9-10H2,(H,18,21)/t12-,13-,14-/m0/s1. The van der Waals surface area contributed by atoms with Crippen LogP contribution in [0.25, 0.3) is 0 Å². The van der Waals surface area contributed by atoms with Gasteiger partial charge in [0.05, 0.1) is 12.7 Å². The van der Waals surface area contributed by atoms with Gasteiger partial charge in [0.2, 0.25) is 0 Å². The largest absolute Gasteiger partial charge is 0.445 e. The summed E-state index contributed by atoms with van der Waals surface area (Å²) in [5.41, 5.74) is 0.859. The lowest BCUT2D eigenvalue weighted by Crippen LogP contribution is -2.59. The summed E-state index contributed by atoms with van der Waals surface area (Å²) in [4.78, 5) is 25.7. The lowest BCUT2D eigenvalue weighted by Gasteiger charge is -2.36. The Bertz CT molecular complexity index is 628. The molecule has 120 valence electrons. The van der Waals surface area contributed by atoms with Crippen LogP contribution in [0.15, 0.2) is 30.3 Å². The smallest absolute Gasteiger partial charge is 0.408 e. The fourth-order valence-corrected chi connectivity index (χ4v) is 2.83. The van der Waals surface area contributed by atoms with Crippen LogP contribution >= 0.6 is 0 Å². The molecule has 2 aliphatic heterocycles. The van der Waals surface area contributed by atoms with Crippen LogP contribution in [0.2, 0.25) is 0 Å². The normalized spacial score (nSPS) is 26.3. The zero-order chi connectivity index (χ0) is 16.2. The van der Waals surface area contributed by atoms with Crippen molar-refractivity contribution in [2.45, 2.75) is 37.8 Å². The van der Waals surface area contributed by atoms with E-state index in [1.165, 1.54) is 4.90 Å². The van der Waals surface area contributed by atoms with E-state index in [4.69, 9.17) is 14.7 Å². The molecule has 0 radical (unpaired) electrons. The molecule has 7 nitrogen and oxygen atoms in total. The van der Waals surface area contributed by atoms with E-state index in [-0.39, 0.29) is 25.3 Å². The van der Waals surface area contributed by atoms with Crippen molar-refractivity contribution < 1.29 is 19.1 Å². The van der Waals surface area contributed by atoms with E-state index in [2.05, 4.69) is 11.4 Å². The maximum Gasteiger partial charge on any atom is 0.408 e. The van der Waals surface area contributed by atoms with Crippen molar-refractivity contribution in [2.75, 3.05) is 6.61 Å². The van der Waals surface area contributed by atoms with Gasteiger partial charge in [-0.1, -0.05) is 30.3 Å². The highest BCUT2D eigenvalue weighted by molar-refractivity contribution is 5.87. The monoisotopic (exact) mass is 315 g/mol. The molecule has 0 spiro atoms. The first-order chi connectivity index (χ1) is 11.2. The molecule has 23 heavy (non-hydrogen) atoms. The van der Waals surface area contributed by atoms with Gasteiger partial charge in [0, 0.05) is 0 Å². The Morgan fingerprint density at radius 2 is 2.17 bits per heavy atom. The molecule has 1 N–H and O–H groups in total. The maximum absolute atomic E-state index is 12.4. The Labute approximate surface area is 133 Å². The highest BCUT2D eigenvalue weighted by Crippen LogP contribution is 2.28. The molecule has 2 aliphatic rings. The van der Waals surface area contributed by atoms with Crippen LogP contribution in [-0.4, -0.2) is 41.8 Å². The number of carbonyl (C=O) groups excluding carboxylic acids is 2. The van der Waals surface area contributed by atoms with Crippen molar-refractivity contribution in [1.82, 2.24) is 10.2 Å². The Morgan fingerprint density at radius 1 is 1.39 bits per heavy atom. The van der Waals surface area contributed by atoms with Crippen LogP contribution in [-0.2, 0) is 20.9 Å². The SMILES string of the molecule is N#C[C@@H]1CC[C@@H]2OC[C@H](NC(=O)OCc3ccccc3)C(=O)N12. The average molecular weight is 315 g/mol. The number of nitriles is 1. The van der Waals surface area contributed by atoms with Crippen molar-refractivity contribution in [1.29, 1.82) is 5.26 Å². The van der Waals surface area contributed by atoms with Crippen molar-refractivity contribution >= 4 is 12.0 Å². The van der Waals surface area contributed by atoms with E-state index in [9.17, 15) is 9.59 Å². The Kier molecular flexibility index (Phi) is 4.44. The molecule has 2 amide bonds. The quantitative estimate of drug-likeness (QED) is 0.903. The number of fused-ring (bicyclic) bond motifs is 1. The second-order valence-electron chi connectivity index (χ2n) is 5.51. The molecular weight excluding hydrogens is 298 g/mol. The molecular formula is C16H17N3O4. The molecule has 3 rings (SSSR count). The van der Waals surface area contributed by atoms with E-state index in [1.807, 2.05) is 30.3 Å². The molecule has 0 aromatic heterocycles. The number of amides is 2. The summed E-state index contributed by atoms with van der Waals surface area (Å²) in [6.45, 7) is 0.222. The van der Waals surface area contributed by atoms with Gasteiger partial charge in [0.15, 0.2) is 0 Å². The first kappa shape index (κ1) is 15.3. The number of rotatable bonds is 3. The van der Waals surface area contributed by atoms with Gasteiger partial charge in [-0.15, -0.1) is 0 Å². The van der Waals surface area contributed by atoms with Gasteiger partial charge in [0.25, 0.3) is 5.91 Å². The van der Waals surface area contributed by atoms with Crippen LogP contribution in [0.1, 0.15) is 18.4 Å². The molecule has 0 bridgehead atoms. The number of hydrogen-bond acceptors (Lipinski definition) is 5. The fourth-order valence-electron chi connectivity index (χ4n) is 2.83. The third-order valence-electron chi connectivity index (χ3n) is 3.99. The molecule has 2 fully saturated rings. The fraction of sp³-hybridized carbons (Fsp3) is 0.438.